The molecule has 0 aromatic carbocycles. The lowest BCUT2D eigenvalue weighted by Crippen LogP contribution is -2.51. The van der Waals surface area contributed by atoms with E-state index in [-0.39, 0.29) is 17.4 Å². The number of amides is 1. The van der Waals surface area contributed by atoms with Crippen molar-refractivity contribution in [3.63, 3.8) is 0 Å². The summed E-state index contributed by atoms with van der Waals surface area (Å²) in [4.78, 5) is 11.6. The normalized spacial score (nSPS) is 20.3. The Hall–Kier alpha value is -0.570. The van der Waals surface area contributed by atoms with Crippen molar-refractivity contribution in [1.29, 1.82) is 0 Å². The highest BCUT2D eigenvalue weighted by Gasteiger charge is 2.42. The molecule has 70 valence electrons. The second-order valence-corrected chi connectivity index (χ2v) is 3.97. The molecule has 3 N–H and O–H groups in total. The van der Waals surface area contributed by atoms with Crippen LogP contribution in [-0.2, 0) is 4.79 Å². The third-order valence-electron chi connectivity index (χ3n) is 2.60. The Bertz CT molecular complexity index is 168. The maximum atomic E-state index is 11.6. The number of hydrogen-bond acceptors (Lipinski definition) is 2. The Morgan fingerprint density at radius 3 is 2.42 bits per heavy atom. The van der Waals surface area contributed by atoms with E-state index >= 15 is 0 Å². The van der Waals surface area contributed by atoms with Gasteiger partial charge in [-0.15, -0.1) is 0 Å². The Labute approximate surface area is 73.7 Å². The molecule has 0 saturated heterocycles. The number of nitrogens with two attached hydrogens (primary N) is 1. The largest absolute Gasteiger partial charge is 0.353 e. The van der Waals surface area contributed by atoms with Crippen LogP contribution in [0.3, 0.4) is 0 Å². The van der Waals surface area contributed by atoms with E-state index in [9.17, 15) is 4.79 Å². The molecule has 0 atom stereocenters. The predicted molar refractivity (Wildman–Crippen MR) is 48.6 cm³/mol. The summed E-state index contributed by atoms with van der Waals surface area (Å²) in [6.45, 7) is 4.44. The standard InChI is InChI=1S/C9H18N2O/c1-7(2)11-8(12)9(6-10)4-3-5-9/h7H,3-6,10H2,1-2H3,(H,11,12). The first kappa shape index (κ1) is 9.52. The van der Waals surface area contributed by atoms with Crippen molar-refractivity contribution in [3.05, 3.63) is 0 Å². The number of carbonyl (C=O) groups is 1. The number of nitrogens with one attached hydrogen (secondary N) is 1. The summed E-state index contributed by atoms with van der Waals surface area (Å²) in [5, 5.41) is 2.92. The molecule has 3 heteroatoms. The van der Waals surface area contributed by atoms with Gasteiger partial charge in [0.25, 0.3) is 0 Å². The summed E-state index contributed by atoms with van der Waals surface area (Å²) in [5.74, 6) is 0.145. The van der Waals surface area contributed by atoms with Gasteiger partial charge in [0.05, 0.1) is 5.41 Å². The molecule has 1 rings (SSSR count). The predicted octanol–water partition coefficient (Wildman–Crippen LogP) is 0.640. The van der Waals surface area contributed by atoms with Crippen LogP contribution in [0.4, 0.5) is 0 Å². The second kappa shape index (κ2) is 3.44. The van der Waals surface area contributed by atoms with Crippen molar-refractivity contribution in [2.45, 2.75) is 39.2 Å². The lowest BCUT2D eigenvalue weighted by Gasteiger charge is -2.39. The SMILES string of the molecule is CC(C)NC(=O)C1(CN)CCC1. The van der Waals surface area contributed by atoms with E-state index in [4.69, 9.17) is 5.73 Å². The zero-order chi connectivity index (χ0) is 9.19. The van der Waals surface area contributed by atoms with Crippen molar-refractivity contribution in [3.8, 4) is 0 Å². The van der Waals surface area contributed by atoms with Crippen molar-refractivity contribution < 1.29 is 4.79 Å². The van der Waals surface area contributed by atoms with Crippen LogP contribution in [0, 0.1) is 5.41 Å². The van der Waals surface area contributed by atoms with Crippen LogP contribution in [0.1, 0.15) is 33.1 Å². The van der Waals surface area contributed by atoms with Crippen LogP contribution in [0.25, 0.3) is 0 Å². The van der Waals surface area contributed by atoms with E-state index in [2.05, 4.69) is 5.32 Å². The molecule has 0 spiro atoms. The number of rotatable bonds is 3. The summed E-state index contributed by atoms with van der Waals surface area (Å²) in [6, 6.07) is 0.224. The van der Waals surface area contributed by atoms with Gasteiger partial charge in [-0.1, -0.05) is 6.42 Å². The molecular formula is C9H18N2O. The average Bonchev–Trinajstić information content (AvgIpc) is 1.83. The van der Waals surface area contributed by atoms with Crippen LogP contribution in [-0.4, -0.2) is 18.5 Å². The van der Waals surface area contributed by atoms with Gasteiger partial charge in [0.2, 0.25) is 5.91 Å². The monoisotopic (exact) mass is 170 g/mol. The van der Waals surface area contributed by atoms with Crippen LogP contribution >= 0.6 is 0 Å². The van der Waals surface area contributed by atoms with Gasteiger partial charge in [0.15, 0.2) is 0 Å². The molecule has 1 saturated carbocycles. The first-order valence-electron chi connectivity index (χ1n) is 4.62. The third-order valence-corrected chi connectivity index (χ3v) is 2.60. The molecule has 0 aromatic heterocycles. The van der Waals surface area contributed by atoms with E-state index in [1.807, 2.05) is 13.8 Å². The molecule has 0 heterocycles. The zero-order valence-electron chi connectivity index (χ0n) is 7.89. The third kappa shape index (κ3) is 1.61. The lowest BCUT2D eigenvalue weighted by molar-refractivity contribution is -0.135. The smallest absolute Gasteiger partial charge is 0.227 e. The fraction of sp³-hybridized carbons (Fsp3) is 0.889. The Balaban J connectivity index is 2.49. The first-order chi connectivity index (χ1) is 5.60. The van der Waals surface area contributed by atoms with Crippen LogP contribution in [0.5, 0.6) is 0 Å². The van der Waals surface area contributed by atoms with Crippen LogP contribution < -0.4 is 11.1 Å². The Kier molecular flexibility index (Phi) is 2.73. The maximum Gasteiger partial charge on any atom is 0.227 e. The topological polar surface area (TPSA) is 55.1 Å². The maximum absolute atomic E-state index is 11.6. The van der Waals surface area contributed by atoms with Gasteiger partial charge >= 0.3 is 0 Å². The van der Waals surface area contributed by atoms with Gasteiger partial charge in [-0.3, -0.25) is 4.79 Å². The quantitative estimate of drug-likeness (QED) is 0.653. The van der Waals surface area contributed by atoms with Crippen molar-refractivity contribution in [2.24, 2.45) is 11.1 Å². The van der Waals surface area contributed by atoms with Gasteiger partial charge in [-0.25, -0.2) is 0 Å². The van der Waals surface area contributed by atoms with E-state index in [0.717, 1.165) is 19.3 Å². The van der Waals surface area contributed by atoms with Crippen LogP contribution in [0.2, 0.25) is 0 Å². The highest BCUT2D eigenvalue weighted by Crippen LogP contribution is 2.39. The fourth-order valence-electron chi connectivity index (χ4n) is 1.54. The van der Waals surface area contributed by atoms with Crippen molar-refractivity contribution in [2.75, 3.05) is 6.54 Å². The van der Waals surface area contributed by atoms with Crippen molar-refractivity contribution in [1.82, 2.24) is 5.32 Å². The number of carbonyl (C=O) groups excluding carboxylic acids is 1. The number of hydrogen-bond donors (Lipinski definition) is 2. The fourth-order valence-corrected chi connectivity index (χ4v) is 1.54. The minimum Gasteiger partial charge on any atom is -0.353 e. The molecule has 1 aliphatic carbocycles. The molecule has 1 fully saturated rings. The van der Waals surface area contributed by atoms with Gasteiger partial charge < -0.3 is 11.1 Å². The molecule has 12 heavy (non-hydrogen) atoms. The molecule has 1 aliphatic rings. The highest BCUT2D eigenvalue weighted by molar-refractivity contribution is 5.83. The second-order valence-electron chi connectivity index (χ2n) is 3.97. The summed E-state index contributed by atoms with van der Waals surface area (Å²) in [6.07, 6.45) is 3.06. The van der Waals surface area contributed by atoms with E-state index < -0.39 is 0 Å². The molecule has 0 aliphatic heterocycles. The van der Waals surface area contributed by atoms with Gasteiger partial charge in [0.1, 0.15) is 0 Å². The van der Waals surface area contributed by atoms with E-state index in [1.54, 1.807) is 0 Å². The molecule has 0 radical (unpaired) electrons. The summed E-state index contributed by atoms with van der Waals surface area (Å²) < 4.78 is 0. The summed E-state index contributed by atoms with van der Waals surface area (Å²) >= 11 is 0. The Morgan fingerprint density at radius 1 is 1.58 bits per heavy atom. The zero-order valence-corrected chi connectivity index (χ0v) is 7.89. The lowest BCUT2D eigenvalue weighted by atomic mass is 9.68. The van der Waals surface area contributed by atoms with Gasteiger partial charge in [0, 0.05) is 12.6 Å². The average molecular weight is 170 g/mol. The molecular weight excluding hydrogens is 152 g/mol. The summed E-state index contributed by atoms with van der Waals surface area (Å²) in [5.41, 5.74) is 5.37. The van der Waals surface area contributed by atoms with Gasteiger partial charge in [-0.05, 0) is 26.7 Å². The molecule has 0 aromatic rings. The van der Waals surface area contributed by atoms with Crippen molar-refractivity contribution >= 4 is 5.91 Å². The molecule has 1 amide bonds. The minimum absolute atomic E-state index is 0.145. The van der Waals surface area contributed by atoms with E-state index in [1.165, 1.54) is 0 Å². The van der Waals surface area contributed by atoms with Crippen LogP contribution in [0.15, 0.2) is 0 Å². The molecule has 0 unspecified atom stereocenters. The highest BCUT2D eigenvalue weighted by atomic mass is 16.2. The van der Waals surface area contributed by atoms with Gasteiger partial charge in [-0.2, -0.15) is 0 Å². The van der Waals surface area contributed by atoms with E-state index in [0.29, 0.717) is 6.54 Å². The molecule has 3 nitrogen and oxygen atoms in total. The first-order valence-corrected chi connectivity index (χ1v) is 4.62. The summed E-state index contributed by atoms with van der Waals surface area (Å²) in [7, 11) is 0. The minimum atomic E-state index is -0.218. The Morgan fingerprint density at radius 2 is 2.17 bits per heavy atom. The molecule has 0 bridgehead atoms.